The van der Waals surface area contributed by atoms with E-state index in [1.165, 1.54) is 6.07 Å². The third-order valence-electron chi connectivity index (χ3n) is 5.99. The van der Waals surface area contributed by atoms with E-state index in [1.807, 2.05) is 4.57 Å². The van der Waals surface area contributed by atoms with Crippen LogP contribution in [0.15, 0.2) is 60.0 Å². The van der Waals surface area contributed by atoms with Crippen LogP contribution in [0.4, 0.5) is 0 Å². The van der Waals surface area contributed by atoms with Gasteiger partial charge >= 0.3 is 0 Å². The third-order valence-corrected chi connectivity index (χ3v) is 7.52. The van der Waals surface area contributed by atoms with E-state index in [1.54, 1.807) is 58.5 Å². The van der Waals surface area contributed by atoms with Crippen molar-refractivity contribution in [2.75, 3.05) is 6.54 Å². The molecule has 0 saturated carbocycles. The Hall–Kier alpha value is -3.95. The Morgan fingerprint density at radius 2 is 2.12 bits per heavy atom. The van der Waals surface area contributed by atoms with Gasteiger partial charge in [-0.15, -0.1) is 10.2 Å². The fourth-order valence-electron chi connectivity index (χ4n) is 4.23. The molecule has 1 atom stereocenters. The number of rotatable bonds is 7. The van der Waals surface area contributed by atoms with E-state index in [0.717, 1.165) is 0 Å². The number of fused-ring (bicyclic) bond motifs is 2. The number of H-pyrrole nitrogens is 1. The van der Waals surface area contributed by atoms with E-state index in [-0.39, 0.29) is 23.8 Å². The highest BCUT2D eigenvalue weighted by Crippen LogP contribution is 2.23. The van der Waals surface area contributed by atoms with Crippen molar-refractivity contribution in [1.29, 1.82) is 5.26 Å². The highest BCUT2D eigenvalue weighted by Gasteiger charge is 2.32. The van der Waals surface area contributed by atoms with Gasteiger partial charge in [-0.3, -0.25) is 4.79 Å². The quantitative estimate of drug-likeness (QED) is 0.409. The van der Waals surface area contributed by atoms with Crippen LogP contribution in [-0.4, -0.2) is 56.1 Å². The average Bonchev–Trinajstić information content (AvgIpc) is 3.60. The molecule has 1 amide bonds. The maximum absolute atomic E-state index is 13.5. The lowest BCUT2D eigenvalue weighted by Crippen LogP contribution is -2.50. The van der Waals surface area contributed by atoms with Crippen molar-refractivity contribution in [3.8, 4) is 6.07 Å². The van der Waals surface area contributed by atoms with Crippen LogP contribution in [0.25, 0.3) is 10.9 Å². The zero-order valence-corrected chi connectivity index (χ0v) is 18.9. The number of sulfonamides is 1. The molecule has 0 aliphatic carbocycles. The van der Waals surface area contributed by atoms with Crippen LogP contribution >= 0.6 is 0 Å². The number of carbonyl (C=O) groups is 1. The first-order valence-corrected chi connectivity index (χ1v) is 12.2. The Bertz CT molecular complexity index is 1490. The highest BCUT2D eigenvalue weighted by atomic mass is 32.2. The number of nitrogens with one attached hydrogen (secondary N) is 2. The first-order chi connectivity index (χ1) is 16.5. The molecule has 0 bridgehead atoms. The molecule has 1 aliphatic heterocycles. The molecule has 1 aliphatic rings. The Balaban J connectivity index is 1.43. The number of hydrogen-bond donors (Lipinski definition) is 2. The number of aryl methyl sites for hydroxylation is 1. The topological polar surface area (TPSA) is 142 Å². The monoisotopic (exact) mass is 478 g/mol. The van der Waals surface area contributed by atoms with Gasteiger partial charge in [0.05, 0.1) is 11.4 Å². The van der Waals surface area contributed by atoms with Crippen molar-refractivity contribution in [2.24, 2.45) is 0 Å². The van der Waals surface area contributed by atoms with Gasteiger partial charge in [-0.1, -0.05) is 6.07 Å². The van der Waals surface area contributed by atoms with Gasteiger partial charge in [0.1, 0.15) is 24.1 Å². The first kappa shape index (κ1) is 21.9. The Kier molecular flexibility index (Phi) is 5.64. The Labute approximate surface area is 195 Å². The van der Waals surface area contributed by atoms with Gasteiger partial charge in [0.2, 0.25) is 15.9 Å². The van der Waals surface area contributed by atoms with Gasteiger partial charge in [0, 0.05) is 42.9 Å². The van der Waals surface area contributed by atoms with Gasteiger partial charge < -0.3 is 19.0 Å². The van der Waals surface area contributed by atoms with Crippen LogP contribution in [0.1, 0.15) is 17.9 Å². The smallest absolute Gasteiger partial charge is 0.241 e. The van der Waals surface area contributed by atoms with Gasteiger partial charge in [-0.05, 0) is 36.8 Å². The predicted molar refractivity (Wildman–Crippen MR) is 122 cm³/mol. The molecule has 174 valence electrons. The molecule has 34 heavy (non-hydrogen) atoms. The van der Waals surface area contributed by atoms with Crippen LogP contribution in [0.2, 0.25) is 0 Å². The van der Waals surface area contributed by atoms with Crippen molar-refractivity contribution in [2.45, 2.75) is 37.0 Å². The zero-order chi connectivity index (χ0) is 23.7. The van der Waals surface area contributed by atoms with Crippen molar-refractivity contribution >= 4 is 26.8 Å². The van der Waals surface area contributed by atoms with E-state index < -0.39 is 16.1 Å². The summed E-state index contributed by atoms with van der Waals surface area (Å²) in [6, 6.07) is 11.1. The molecular formula is C22H22N8O3S. The van der Waals surface area contributed by atoms with Crippen molar-refractivity contribution in [3.05, 3.63) is 66.6 Å². The fraction of sp³-hybridized carbons (Fsp3) is 0.273. The summed E-state index contributed by atoms with van der Waals surface area (Å²) in [6.45, 7) is 1.50. The lowest BCUT2D eigenvalue weighted by atomic mass is 10.1. The number of aromatic amines is 1. The van der Waals surface area contributed by atoms with Crippen LogP contribution in [0, 0.1) is 11.3 Å². The minimum atomic E-state index is -4.02. The molecule has 3 aromatic heterocycles. The lowest BCUT2D eigenvalue weighted by molar-refractivity contribution is -0.134. The predicted octanol–water partition coefficient (Wildman–Crippen LogP) is 1.21. The second-order valence-corrected chi connectivity index (χ2v) is 9.74. The molecule has 0 spiro atoms. The molecule has 0 radical (unpaired) electrons. The minimum absolute atomic E-state index is 0.0983. The van der Waals surface area contributed by atoms with E-state index in [0.29, 0.717) is 42.1 Å². The summed E-state index contributed by atoms with van der Waals surface area (Å²) in [4.78, 5) is 18.2. The van der Waals surface area contributed by atoms with E-state index in [4.69, 9.17) is 0 Å². The molecule has 4 heterocycles. The summed E-state index contributed by atoms with van der Waals surface area (Å²) in [5.74, 6) is 0.306. The molecule has 0 saturated heterocycles. The molecular weight excluding hydrogens is 456 g/mol. The van der Waals surface area contributed by atoms with Crippen LogP contribution in [-0.2, 0) is 34.5 Å². The molecule has 1 unspecified atom stereocenters. The number of carbonyl (C=O) groups excluding carboxylic acids is 1. The number of hydrogen-bond acceptors (Lipinski definition) is 6. The Morgan fingerprint density at radius 1 is 1.24 bits per heavy atom. The summed E-state index contributed by atoms with van der Waals surface area (Å²) >= 11 is 0. The summed E-state index contributed by atoms with van der Waals surface area (Å²) in [6.07, 6.45) is 5.20. The highest BCUT2D eigenvalue weighted by molar-refractivity contribution is 7.89. The number of benzene rings is 1. The fourth-order valence-corrected chi connectivity index (χ4v) is 5.67. The summed E-state index contributed by atoms with van der Waals surface area (Å²) in [5.41, 5.74) is 1.13. The molecule has 4 aromatic rings. The maximum atomic E-state index is 13.5. The molecule has 12 heteroatoms. The Morgan fingerprint density at radius 3 is 2.97 bits per heavy atom. The van der Waals surface area contributed by atoms with Crippen molar-refractivity contribution < 1.29 is 13.2 Å². The van der Waals surface area contributed by atoms with Gasteiger partial charge in [0.15, 0.2) is 5.82 Å². The maximum Gasteiger partial charge on any atom is 0.241 e. The molecule has 2 N–H and O–H groups in total. The summed E-state index contributed by atoms with van der Waals surface area (Å²) in [7, 11) is -4.02. The average molecular weight is 479 g/mol. The molecule has 0 fully saturated rings. The van der Waals surface area contributed by atoms with Gasteiger partial charge in [-0.2, -0.15) is 9.98 Å². The SMILES string of the molecule is N#Cc1cccn1CCC(NS(=O)(=O)c1cccc2[nH]ccc12)C(=O)N1CCn2cnnc2C1. The van der Waals surface area contributed by atoms with E-state index in [9.17, 15) is 18.5 Å². The van der Waals surface area contributed by atoms with E-state index in [2.05, 4.69) is 26.0 Å². The number of nitriles is 1. The molecule has 1 aromatic carbocycles. The lowest BCUT2D eigenvalue weighted by Gasteiger charge is -2.31. The van der Waals surface area contributed by atoms with Crippen LogP contribution < -0.4 is 4.72 Å². The number of amides is 1. The summed E-state index contributed by atoms with van der Waals surface area (Å²) in [5, 5.41) is 17.8. The minimum Gasteiger partial charge on any atom is -0.361 e. The third kappa shape index (κ3) is 4.07. The second kappa shape index (κ2) is 8.77. The van der Waals surface area contributed by atoms with Gasteiger partial charge in [-0.25, -0.2) is 8.42 Å². The van der Waals surface area contributed by atoms with Crippen molar-refractivity contribution in [3.63, 3.8) is 0 Å². The standard InChI is InChI=1S/C22H22N8O3S/c23-13-16-3-2-9-28(16)10-7-19(22(31)29-11-12-30-15-25-26-21(30)14-29)27-34(32,33)20-5-1-4-18-17(20)6-8-24-18/h1-6,8-9,15,19,24,27H,7,10-12,14H2. The molecule has 5 rings (SSSR count). The van der Waals surface area contributed by atoms with Crippen LogP contribution in [0.5, 0.6) is 0 Å². The normalized spacial score (nSPS) is 14.6. The van der Waals surface area contributed by atoms with E-state index >= 15 is 0 Å². The first-order valence-electron chi connectivity index (χ1n) is 10.8. The van der Waals surface area contributed by atoms with Crippen LogP contribution in [0.3, 0.4) is 0 Å². The summed E-state index contributed by atoms with van der Waals surface area (Å²) < 4.78 is 33.0. The van der Waals surface area contributed by atoms with Gasteiger partial charge in [0.25, 0.3) is 0 Å². The van der Waals surface area contributed by atoms with Crippen molar-refractivity contribution in [1.82, 2.24) is 33.9 Å². The largest absolute Gasteiger partial charge is 0.361 e. The second-order valence-electron chi connectivity index (χ2n) is 8.06. The zero-order valence-electron chi connectivity index (χ0n) is 18.1. The number of aromatic nitrogens is 5. The number of nitrogens with zero attached hydrogens (tertiary/aromatic N) is 6. The molecule has 11 nitrogen and oxygen atoms in total.